The molecular weight excluding hydrogens is 290 g/mol. The van der Waals surface area contributed by atoms with E-state index >= 15 is 0 Å². The summed E-state index contributed by atoms with van der Waals surface area (Å²) in [5.41, 5.74) is 4.31. The van der Waals surface area contributed by atoms with Crippen LogP contribution in [0.15, 0.2) is 47.6 Å². The van der Waals surface area contributed by atoms with Crippen molar-refractivity contribution in [1.29, 1.82) is 0 Å². The van der Waals surface area contributed by atoms with Crippen LogP contribution < -0.4 is 5.32 Å². The van der Waals surface area contributed by atoms with Crippen molar-refractivity contribution in [2.75, 3.05) is 11.6 Å². The van der Waals surface area contributed by atoms with Crippen LogP contribution in [0.25, 0.3) is 11.0 Å². The monoisotopic (exact) mass is 303 g/mol. The Morgan fingerprint density at radius 1 is 1.20 bits per heavy atom. The van der Waals surface area contributed by atoms with E-state index in [4.69, 9.17) is 11.6 Å². The Bertz CT molecular complexity index is 722. The maximum absolute atomic E-state index is 5.88. The number of benzene rings is 2. The molecule has 102 valence electrons. The van der Waals surface area contributed by atoms with Gasteiger partial charge in [0, 0.05) is 17.3 Å². The van der Waals surface area contributed by atoms with E-state index in [1.807, 2.05) is 42.7 Å². The van der Waals surface area contributed by atoms with Gasteiger partial charge in [0.25, 0.3) is 0 Å². The number of imidazole rings is 1. The van der Waals surface area contributed by atoms with Gasteiger partial charge in [-0.2, -0.15) is 0 Å². The van der Waals surface area contributed by atoms with Crippen molar-refractivity contribution >= 4 is 40.1 Å². The molecule has 0 fully saturated rings. The van der Waals surface area contributed by atoms with Gasteiger partial charge in [-0.25, -0.2) is 4.98 Å². The number of nitrogens with one attached hydrogen (secondary N) is 2. The molecule has 3 rings (SSSR count). The number of hydrogen-bond acceptors (Lipinski definition) is 3. The summed E-state index contributed by atoms with van der Waals surface area (Å²) in [5, 5.41) is 5.10. The predicted molar refractivity (Wildman–Crippen MR) is 86.7 cm³/mol. The first-order valence-electron chi connectivity index (χ1n) is 6.27. The highest BCUT2D eigenvalue weighted by Gasteiger charge is 2.02. The van der Waals surface area contributed by atoms with Gasteiger partial charge in [-0.1, -0.05) is 35.5 Å². The van der Waals surface area contributed by atoms with Crippen LogP contribution in [0, 0.1) is 0 Å². The minimum atomic E-state index is 0.761. The molecule has 0 aliphatic rings. The van der Waals surface area contributed by atoms with Crippen LogP contribution in [0.4, 0.5) is 5.69 Å². The van der Waals surface area contributed by atoms with E-state index in [0.717, 1.165) is 33.4 Å². The van der Waals surface area contributed by atoms with Crippen molar-refractivity contribution < 1.29 is 0 Å². The van der Waals surface area contributed by atoms with E-state index in [1.165, 1.54) is 5.56 Å². The molecule has 0 amide bonds. The summed E-state index contributed by atoms with van der Waals surface area (Å²) >= 11 is 7.49. The number of aromatic amines is 1. The molecule has 0 spiro atoms. The van der Waals surface area contributed by atoms with Crippen LogP contribution in [0.1, 0.15) is 5.56 Å². The quantitative estimate of drug-likeness (QED) is 0.695. The molecule has 1 heterocycles. The second-order valence-corrected chi connectivity index (χ2v) is 5.69. The molecule has 3 nitrogen and oxygen atoms in total. The minimum absolute atomic E-state index is 0.761. The number of aromatic nitrogens is 2. The zero-order chi connectivity index (χ0) is 13.9. The Labute approximate surface area is 126 Å². The highest BCUT2D eigenvalue weighted by atomic mass is 35.5. The fraction of sp³-hybridized carbons (Fsp3) is 0.133. The molecule has 0 atom stereocenters. The van der Waals surface area contributed by atoms with Crippen molar-refractivity contribution in [3.63, 3.8) is 0 Å². The van der Waals surface area contributed by atoms with Crippen molar-refractivity contribution in [2.45, 2.75) is 11.7 Å². The topological polar surface area (TPSA) is 40.7 Å². The smallest absolute Gasteiger partial charge is 0.166 e. The summed E-state index contributed by atoms with van der Waals surface area (Å²) in [4.78, 5) is 7.75. The molecule has 20 heavy (non-hydrogen) atoms. The van der Waals surface area contributed by atoms with E-state index in [1.54, 1.807) is 11.8 Å². The third-order valence-corrected chi connectivity index (χ3v) is 3.90. The molecule has 5 heteroatoms. The summed E-state index contributed by atoms with van der Waals surface area (Å²) in [6, 6.07) is 14.0. The normalized spacial score (nSPS) is 10.9. The lowest BCUT2D eigenvalue weighted by Gasteiger charge is -2.06. The number of thioether (sulfide) groups is 1. The summed E-state index contributed by atoms with van der Waals surface area (Å²) < 4.78 is 0. The summed E-state index contributed by atoms with van der Waals surface area (Å²) in [7, 11) is 0. The Hall–Kier alpha value is -1.65. The second-order valence-electron chi connectivity index (χ2n) is 4.46. The van der Waals surface area contributed by atoms with Gasteiger partial charge >= 0.3 is 0 Å². The largest absolute Gasteiger partial charge is 0.381 e. The van der Waals surface area contributed by atoms with Gasteiger partial charge in [-0.05, 0) is 42.2 Å². The third kappa shape index (κ3) is 2.92. The molecule has 0 saturated carbocycles. The average Bonchev–Trinajstić information content (AvgIpc) is 2.89. The van der Waals surface area contributed by atoms with E-state index in [-0.39, 0.29) is 0 Å². The van der Waals surface area contributed by atoms with E-state index in [2.05, 4.69) is 21.4 Å². The van der Waals surface area contributed by atoms with Crippen LogP contribution in [0.3, 0.4) is 0 Å². The fourth-order valence-corrected chi connectivity index (χ4v) is 2.53. The zero-order valence-electron chi connectivity index (χ0n) is 11.0. The van der Waals surface area contributed by atoms with Gasteiger partial charge in [0.15, 0.2) is 5.16 Å². The van der Waals surface area contributed by atoms with Crippen LogP contribution in [0.2, 0.25) is 5.02 Å². The first-order valence-corrected chi connectivity index (χ1v) is 7.87. The number of fused-ring (bicyclic) bond motifs is 1. The number of anilines is 1. The fourth-order valence-electron chi connectivity index (χ4n) is 2.00. The molecule has 0 unspecified atom stereocenters. The highest BCUT2D eigenvalue weighted by Crippen LogP contribution is 2.21. The molecule has 2 N–H and O–H groups in total. The van der Waals surface area contributed by atoms with E-state index in [9.17, 15) is 0 Å². The molecule has 0 aliphatic carbocycles. The van der Waals surface area contributed by atoms with Crippen molar-refractivity contribution in [3.05, 3.63) is 53.1 Å². The standard InChI is InChI=1S/C15H14ClN3S/c1-20-15-18-13-7-6-12(8-14(13)19-15)17-9-10-2-4-11(16)5-3-10/h2-8,17H,9H2,1H3,(H,18,19). The van der Waals surface area contributed by atoms with Crippen LogP contribution in [-0.4, -0.2) is 16.2 Å². The predicted octanol–water partition coefficient (Wildman–Crippen LogP) is 4.55. The molecule has 0 radical (unpaired) electrons. The van der Waals surface area contributed by atoms with Crippen molar-refractivity contribution in [3.8, 4) is 0 Å². The maximum Gasteiger partial charge on any atom is 0.166 e. The molecule has 2 aromatic carbocycles. The van der Waals surface area contributed by atoms with Crippen molar-refractivity contribution in [2.24, 2.45) is 0 Å². The van der Waals surface area contributed by atoms with Crippen LogP contribution in [0.5, 0.6) is 0 Å². The number of halogens is 1. The van der Waals surface area contributed by atoms with Gasteiger partial charge < -0.3 is 10.3 Å². The first-order chi connectivity index (χ1) is 9.74. The maximum atomic E-state index is 5.88. The van der Waals surface area contributed by atoms with Crippen LogP contribution >= 0.6 is 23.4 Å². The SMILES string of the molecule is CSc1nc2ccc(NCc3ccc(Cl)cc3)cc2[nH]1. The van der Waals surface area contributed by atoms with Gasteiger partial charge in [0.2, 0.25) is 0 Å². The number of nitrogens with zero attached hydrogens (tertiary/aromatic N) is 1. The lowest BCUT2D eigenvalue weighted by atomic mass is 10.2. The van der Waals surface area contributed by atoms with Crippen molar-refractivity contribution in [1.82, 2.24) is 9.97 Å². The molecule has 1 aromatic heterocycles. The Morgan fingerprint density at radius 2 is 2.00 bits per heavy atom. The second kappa shape index (κ2) is 5.77. The first kappa shape index (κ1) is 13.3. The number of hydrogen-bond donors (Lipinski definition) is 2. The van der Waals surface area contributed by atoms with Gasteiger partial charge in [0.05, 0.1) is 11.0 Å². The molecule has 0 aliphatic heterocycles. The van der Waals surface area contributed by atoms with Gasteiger partial charge in [0.1, 0.15) is 0 Å². The Kier molecular flexibility index (Phi) is 3.85. The molecule has 3 aromatic rings. The number of rotatable bonds is 4. The summed E-state index contributed by atoms with van der Waals surface area (Å²) in [6.07, 6.45) is 2.01. The van der Waals surface area contributed by atoms with E-state index in [0.29, 0.717) is 0 Å². The highest BCUT2D eigenvalue weighted by molar-refractivity contribution is 7.98. The molecule has 0 bridgehead atoms. The zero-order valence-corrected chi connectivity index (χ0v) is 12.6. The Morgan fingerprint density at radius 3 is 2.75 bits per heavy atom. The van der Waals surface area contributed by atoms with Gasteiger partial charge in [-0.3, -0.25) is 0 Å². The van der Waals surface area contributed by atoms with Gasteiger partial charge in [-0.15, -0.1) is 0 Å². The summed E-state index contributed by atoms with van der Waals surface area (Å²) in [6.45, 7) is 0.770. The minimum Gasteiger partial charge on any atom is -0.381 e. The van der Waals surface area contributed by atoms with E-state index < -0.39 is 0 Å². The molecule has 0 saturated heterocycles. The lowest BCUT2D eigenvalue weighted by molar-refractivity contribution is 1.09. The van der Waals surface area contributed by atoms with Crippen LogP contribution in [-0.2, 0) is 6.54 Å². The lowest BCUT2D eigenvalue weighted by Crippen LogP contribution is -1.98. The summed E-state index contributed by atoms with van der Waals surface area (Å²) in [5.74, 6) is 0. The average molecular weight is 304 g/mol. The molecular formula is C15H14ClN3S. The number of H-pyrrole nitrogens is 1. The third-order valence-electron chi connectivity index (χ3n) is 3.06. The Balaban J connectivity index is 1.75.